The van der Waals surface area contributed by atoms with Crippen molar-refractivity contribution in [3.8, 4) is 16.4 Å². The van der Waals surface area contributed by atoms with Gasteiger partial charge in [-0.15, -0.1) is 11.3 Å². The summed E-state index contributed by atoms with van der Waals surface area (Å²) in [5.74, 6) is 0.850. The lowest BCUT2D eigenvalue weighted by Gasteiger charge is -2.06. The first kappa shape index (κ1) is 14.4. The topological polar surface area (TPSA) is 59.8 Å². The van der Waals surface area contributed by atoms with E-state index in [4.69, 9.17) is 0 Å². The first-order valence-electron chi connectivity index (χ1n) is 6.58. The molecule has 2 heterocycles. The van der Waals surface area contributed by atoms with Crippen molar-refractivity contribution in [1.82, 2.24) is 14.5 Å². The zero-order valence-electron chi connectivity index (χ0n) is 12.0. The molecule has 3 rings (SSSR count). The molecule has 1 amide bonds. The Kier molecular flexibility index (Phi) is 3.72. The van der Waals surface area contributed by atoms with E-state index in [2.05, 4.69) is 15.3 Å². The second-order valence-corrected chi connectivity index (χ2v) is 5.57. The molecule has 5 nitrogen and oxygen atoms in total. The molecule has 7 heteroatoms. The Morgan fingerprint density at radius 2 is 2.05 bits per heavy atom. The third-order valence-electron chi connectivity index (χ3n) is 3.07. The summed E-state index contributed by atoms with van der Waals surface area (Å²) in [5.41, 5.74) is 1.59. The van der Waals surface area contributed by atoms with Gasteiger partial charge in [0.05, 0.1) is 11.9 Å². The number of nitrogens with zero attached hydrogens (tertiary/aromatic N) is 3. The molecule has 0 aliphatic rings. The molecule has 22 heavy (non-hydrogen) atoms. The highest BCUT2D eigenvalue weighted by molar-refractivity contribution is 7.12. The number of nitrogens with one attached hydrogen (secondary N) is 1. The number of carbonyl (C=O) groups excluding carboxylic acids is 1. The first-order chi connectivity index (χ1) is 10.5. The maximum Gasteiger partial charge on any atom is 0.222 e. The minimum absolute atomic E-state index is 0.170. The molecule has 0 aliphatic heterocycles. The SMILES string of the molecule is CC(=O)Nc1cnc(C)n1-c1nc(-c2ccc(F)cc2)cs1. The number of carbonyl (C=O) groups is 1. The molecule has 0 bridgehead atoms. The van der Waals surface area contributed by atoms with E-state index in [0.717, 1.165) is 17.1 Å². The van der Waals surface area contributed by atoms with Crippen molar-refractivity contribution in [3.05, 3.63) is 47.5 Å². The highest BCUT2D eigenvalue weighted by Crippen LogP contribution is 2.27. The van der Waals surface area contributed by atoms with Crippen molar-refractivity contribution in [2.45, 2.75) is 13.8 Å². The molecular formula is C15H13FN4OS. The number of imidazole rings is 1. The predicted octanol–water partition coefficient (Wildman–Crippen LogP) is 3.40. The van der Waals surface area contributed by atoms with Gasteiger partial charge in [0, 0.05) is 17.9 Å². The van der Waals surface area contributed by atoms with Gasteiger partial charge in [-0.05, 0) is 31.2 Å². The number of anilines is 1. The molecule has 0 aliphatic carbocycles. The quantitative estimate of drug-likeness (QED) is 0.805. The highest BCUT2D eigenvalue weighted by atomic mass is 32.1. The summed E-state index contributed by atoms with van der Waals surface area (Å²) in [6.45, 7) is 3.28. The lowest BCUT2D eigenvalue weighted by molar-refractivity contribution is -0.114. The van der Waals surface area contributed by atoms with Crippen LogP contribution in [-0.2, 0) is 4.79 Å². The Hall–Kier alpha value is -2.54. The third kappa shape index (κ3) is 2.75. The molecule has 1 aromatic carbocycles. The summed E-state index contributed by atoms with van der Waals surface area (Å²) < 4.78 is 14.8. The zero-order valence-corrected chi connectivity index (χ0v) is 12.8. The Labute approximate surface area is 130 Å². The van der Waals surface area contributed by atoms with Crippen LogP contribution in [0.2, 0.25) is 0 Å². The summed E-state index contributed by atoms with van der Waals surface area (Å²) in [7, 11) is 0. The highest BCUT2D eigenvalue weighted by Gasteiger charge is 2.14. The number of amides is 1. The number of rotatable bonds is 3. The summed E-state index contributed by atoms with van der Waals surface area (Å²) >= 11 is 1.43. The van der Waals surface area contributed by atoms with Crippen LogP contribution in [0.25, 0.3) is 16.4 Å². The van der Waals surface area contributed by atoms with Gasteiger partial charge in [0.15, 0.2) is 5.13 Å². The fourth-order valence-corrected chi connectivity index (χ4v) is 2.97. The fourth-order valence-electron chi connectivity index (χ4n) is 2.07. The maximum atomic E-state index is 13.0. The molecule has 0 saturated heterocycles. The van der Waals surface area contributed by atoms with Gasteiger partial charge in [-0.1, -0.05) is 0 Å². The van der Waals surface area contributed by atoms with Crippen molar-refractivity contribution in [3.63, 3.8) is 0 Å². The van der Waals surface area contributed by atoms with Gasteiger partial charge in [-0.2, -0.15) is 0 Å². The van der Waals surface area contributed by atoms with E-state index in [0.29, 0.717) is 10.9 Å². The standard InChI is InChI=1S/C15H13FN4OS/c1-9-17-7-14(18-10(2)21)20(9)15-19-13(8-22-15)11-3-5-12(16)6-4-11/h3-8H,1-2H3,(H,18,21). The van der Waals surface area contributed by atoms with Crippen LogP contribution in [0.4, 0.5) is 10.2 Å². The van der Waals surface area contributed by atoms with Crippen LogP contribution in [0.1, 0.15) is 12.7 Å². The lowest BCUT2D eigenvalue weighted by Crippen LogP contribution is -2.10. The number of hydrogen-bond donors (Lipinski definition) is 1. The molecule has 0 atom stereocenters. The molecule has 3 aromatic rings. The summed E-state index contributed by atoms with van der Waals surface area (Å²) in [6.07, 6.45) is 1.59. The lowest BCUT2D eigenvalue weighted by atomic mass is 10.2. The van der Waals surface area contributed by atoms with Crippen LogP contribution in [0.15, 0.2) is 35.8 Å². The van der Waals surface area contributed by atoms with E-state index in [-0.39, 0.29) is 11.7 Å². The molecule has 0 fully saturated rings. The van der Waals surface area contributed by atoms with Crippen LogP contribution in [0.3, 0.4) is 0 Å². The largest absolute Gasteiger partial charge is 0.311 e. The Morgan fingerprint density at radius 3 is 2.73 bits per heavy atom. The minimum atomic E-state index is -0.280. The zero-order chi connectivity index (χ0) is 15.7. The fraction of sp³-hybridized carbons (Fsp3) is 0.133. The molecule has 0 saturated carbocycles. The van der Waals surface area contributed by atoms with Crippen LogP contribution in [0.5, 0.6) is 0 Å². The van der Waals surface area contributed by atoms with Gasteiger partial charge in [-0.3, -0.25) is 9.36 Å². The number of halogens is 1. The van der Waals surface area contributed by atoms with E-state index in [9.17, 15) is 9.18 Å². The van der Waals surface area contributed by atoms with E-state index < -0.39 is 0 Å². The van der Waals surface area contributed by atoms with Gasteiger partial charge in [0.1, 0.15) is 17.5 Å². The smallest absolute Gasteiger partial charge is 0.222 e. The van der Waals surface area contributed by atoms with E-state index in [1.165, 1.54) is 30.4 Å². The summed E-state index contributed by atoms with van der Waals surface area (Å²) in [6, 6.07) is 6.17. The Balaban J connectivity index is 1.99. The molecule has 2 aromatic heterocycles. The van der Waals surface area contributed by atoms with E-state index >= 15 is 0 Å². The monoisotopic (exact) mass is 316 g/mol. The van der Waals surface area contributed by atoms with Crippen molar-refractivity contribution < 1.29 is 9.18 Å². The van der Waals surface area contributed by atoms with E-state index in [1.807, 2.05) is 12.3 Å². The van der Waals surface area contributed by atoms with Crippen LogP contribution >= 0.6 is 11.3 Å². The van der Waals surface area contributed by atoms with Crippen molar-refractivity contribution in [1.29, 1.82) is 0 Å². The number of benzene rings is 1. The van der Waals surface area contributed by atoms with Gasteiger partial charge in [0.25, 0.3) is 0 Å². The molecule has 0 unspecified atom stereocenters. The van der Waals surface area contributed by atoms with Crippen molar-refractivity contribution in [2.24, 2.45) is 0 Å². The Morgan fingerprint density at radius 1 is 1.32 bits per heavy atom. The van der Waals surface area contributed by atoms with Gasteiger partial charge >= 0.3 is 0 Å². The number of aryl methyl sites for hydroxylation is 1. The number of hydrogen-bond acceptors (Lipinski definition) is 4. The van der Waals surface area contributed by atoms with Gasteiger partial charge in [0.2, 0.25) is 5.91 Å². The second-order valence-electron chi connectivity index (χ2n) is 4.73. The normalized spacial score (nSPS) is 10.7. The van der Waals surface area contributed by atoms with Crippen molar-refractivity contribution in [2.75, 3.05) is 5.32 Å². The van der Waals surface area contributed by atoms with Crippen LogP contribution < -0.4 is 5.32 Å². The van der Waals surface area contributed by atoms with Gasteiger partial charge in [-0.25, -0.2) is 14.4 Å². The molecule has 0 radical (unpaired) electrons. The predicted molar refractivity (Wildman–Crippen MR) is 83.7 cm³/mol. The number of thiazole rings is 1. The van der Waals surface area contributed by atoms with E-state index in [1.54, 1.807) is 22.9 Å². The minimum Gasteiger partial charge on any atom is -0.311 e. The average Bonchev–Trinajstić information content (AvgIpc) is 3.06. The number of aromatic nitrogens is 3. The van der Waals surface area contributed by atoms with Gasteiger partial charge < -0.3 is 5.32 Å². The molecular weight excluding hydrogens is 303 g/mol. The molecule has 1 N–H and O–H groups in total. The van der Waals surface area contributed by atoms with Crippen LogP contribution in [0, 0.1) is 12.7 Å². The first-order valence-corrected chi connectivity index (χ1v) is 7.46. The summed E-state index contributed by atoms with van der Waals surface area (Å²) in [4.78, 5) is 20.0. The maximum absolute atomic E-state index is 13.0. The summed E-state index contributed by atoms with van der Waals surface area (Å²) in [5, 5.41) is 5.31. The second kappa shape index (κ2) is 5.69. The molecule has 112 valence electrons. The van der Waals surface area contributed by atoms with Crippen molar-refractivity contribution >= 4 is 23.1 Å². The average molecular weight is 316 g/mol. The Bertz CT molecular complexity index is 822. The van der Waals surface area contributed by atoms with Crippen LogP contribution in [-0.4, -0.2) is 20.4 Å². The third-order valence-corrected chi connectivity index (χ3v) is 3.89. The molecule has 0 spiro atoms.